The molecule has 2 aliphatic heterocycles. The van der Waals surface area contributed by atoms with Crippen LogP contribution < -0.4 is 10.1 Å². The highest BCUT2D eigenvalue weighted by atomic mass is 16.5. The standard InChI is InChI=1S/C25H25NO/c1-16-15-25(2,3)26-21-14-13-20-18-11-7-8-12-19(18)23(27-24(20)22(16)21)17-9-5-4-6-10-17/h4-11,13-15,19,23,26H,12H2,1-3H3. The summed E-state index contributed by atoms with van der Waals surface area (Å²) in [6, 6.07) is 15.1. The van der Waals surface area contributed by atoms with Crippen LogP contribution in [0.5, 0.6) is 5.75 Å². The normalized spacial score (nSPS) is 24.4. The van der Waals surface area contributed by atoms with Crippen LogP contribution in [0.4, 0.5) is 5.69 Å². The highest BCUT2D eigenvalue weighted by molar-refractivity contribution is 5.90. The quantitative estimate of drug-likeness (QED) is 0.640. The van der Waals surface area contributed by atoms with Crippen molar-refractivity contribution in [1.29, 1.82) is 0 Å². The predicted octanol–water partition coefficient (Wildman–Crippen LogP) is 6.39. The van der Waals surface area contributed by atoms with Crippen LogP contribution >= 0.6 is 0 Å². The lowest BCUT2D eigenvalue weighted by molar-refractivity contribution is 0.152. The maximum absolute atomic E-state index is 6.77. The zero-order valence-electron chi connectivity index (χ0n) is 16.1. The molecule has 2 nitrogen and oxygen atoms in total. The lowest BCUT2D eigenvalue weighted by atomic mass is 9.76. The number of anilines is 1. The summed E-state index contributed by atoms with van der Waals surface area (Å²) < 4.78 is 6.77. The van der Waals surface area contributed by atoms with Crippen molar-refractivity contribution >= 4 is 16.8 Å². The average molecular weight is 355 g/mol. The van der Waals surface area contributed by atoms with Gasteiger partial charge in [0.15, 0.2) is 0 Å². The first-order chi connectivity index (χ1) is 13.0. The van der Waals surface area contributed by atoms with E-state index in [4.69, 9.17) is 4.74 Å². The van der Waals surface area contributed by atoms with E-state index >= 15 is 0 Å². The first-order valence-electron chi connectivity index (χ1n) is 9.77. The summed E-state index contributed by atoms with van der Waals surface area (Å²) in [6.45, 7) is 6.61. The minimum absolute atomic E-state index is 0.0455. The molecule has 0 amide bonds. The fraction of sp³-hybridized carbons (Fsp3) is 0.280. The van der Waals surface area contributed by atoms with Gasteiger partial charge in [0.25, 0.3) is 0 Å². The Labute approximate surface area is 161 Å². The van der Waals surface area contributed by atoms with Crippen LogP contribution in [-0.4, -0.2) is 5.54 Å². The molecule has 27 heavy (non-hydrogen) atoms. The van der Waals surface area contributed by atoms with E-state index in [1.165, 1.54) is 27.8 Å². The van der Waals surface area contributed by atoms with Crippen molar-refractivity contribution in [3.05, 3.63) is 83.5 Å². The van der Waals surface area contributed by atoms with Crippen LogP contribution in [0.15, 0.2) is 66.8 Å². The van der Waals surface area contributed by atoms with Gasteiger partial charge >= 0.3 is 0 Å². The maximum Gasteiger partial charge on any atom is 0.137 e. The Balaban J connectivity index is 1.71. The number of rotatable bonds is 1. The molecule has 2 aromatic rings. The number of hydrogen-bond acceptors (Lipinski definition) is 2. The molecule has 2 aromatic carbocycles. The second-order valence-corrected chi connectivity index (χ2v) is 8.38. The van der Waals surface area contributed by atoms with Gasteiger partial charge in [0.1, 0.15) is 11.9 Å². The van der Waals surface area contributed by atoms with E-state index in [0.717, 1.165) is 17.9 Å². The van der Waals surface area contributed by atoms with Gasteiger partial charge in [0.05, 0.1) is 5.54 Å². The van der Waals surface area contributed by atoms with Crippen LogP contribution in [0.1, 0.15) is 50.0 Å². The summed E-state index contributed by atoms with van der Waals surface area (Å²) in [5, 5.41) is 3.65. The number of nitrogens with one attached hydrogen (secondary N) is 1. The van der Waals surface area contributed by atoms with Crippen LogP contribution in [0.3, 0.4) is 0 Å². The molecule has 0 aromatic heterocycles. The van der Waals surface area contributed by atoms with Crippen molar-refractivity contribution in [2.24, 2.45) is 5.92 Å². The molecular formula is C25H25NO. The molecule has 0 radical (unpaired) electrons. The summed E-state index contributed by atoms with van der Waals surface area (Å²) in [6.07, 6.45) is 10.1. The minimum atomic E-state index is -0.0474. The summed E-state index contributed by atoms with van der Waals surface area (Å²) in [5.41, 5.74) is 7.49. The fourth-order valence-corrected chi connectivity index (χ4v) is 4.80. The molecule has 0 saturated heterocycles. The minimum Gasteiger partial charge on any atom is -0.484 e. The Hall–Kier alpha value is -2.74. The second kappa shape index (κ2) is 5.88. The van der Waals surface area contributed by atoms with Gasteiger partial charge in [-0.25, -0.2) is 0 Å². The third kappa shape index (κ3) is 2.63. The van der Waals surface area contributed by atoms with Gasteiger partial charge in [-0.15, -0.1) is 0 Å². The third-order valence-electron chi connectivity index (χ3n) is 5.84. The van der Waals surface area contributed by atoms with E-state index in [9.17, 15) is 0 Å². The van der Waals surface area contributed by atoms with E-state index in [1.807, 2.05) is 0 Å². The molecule has 2 heteroatoms. The Morgan fingerprint density at radius 1 is 1.07 bits per heavy atom. The Kier molecular flexibility index (Phi) is 3.58. The molecule has 2 atom stereocenters. The largest absolute Gasteiger partial charge is 0.484 e. The summed E-state index contributed by atoms with van der Waals surface area (Å²) >= 11 is 0. The zero-order chi connectivity index (χ0) is 18.6. The molecule has 1 aliphatic carbocycles. The SMILES string of the molecule is CC1=CC(C)(C)Nc2ccc3c(c21)OC(c1ccccc1)C1CC=CC=C31. The van der Waals surface area contributed by atoms with Crippen LogP contribution in [0.2, 0.25) is 0 Å². The van der Waals surface area contributed by atoms with E-state index in [0.29, 0.717) is 5.92 Å². The number of hydrogen-bond donors (Lipinski definition) is 1. The van der Waals surface area contributed by atoms with E-state index < -0.39 is 0 Å². The summed E-state index contributed by atoms with van der Waals surface area (Å²) in [4.78, 5) is 0. The number of fused-ring (bicyclic) bond motifs is 5. The van der Waals surface area contributed by atoms with Crippen molar-refractivity contribution in [2.45, 2.75) is 38.8 Å². The first-order valence-corrected chi connectivity index (χ1v) is 9.77. The van der Waals surface area contributed by atoms with Gasteiger partial charge in [-0.1, -0.05) is 54.6 Å². The van der Waals surface area contributed by atoms with Gasteiger partial charge in [0.2, 0.25) is 0 Å². The predicted molar refractivity (Wildman–Crippen MR) is 113 cm³/mol. The molecule has 136 valence electrons. The molecule has 1 N–H and O–H groups in total. The van der Waals surface area contributed by atoms with E-state index in [2.05, 4.69) is 92.9 Å². The van der Waals surface area contributed by atoms with Crippen molar-refractivity contribution in [2.75, 3.05) is 5.32 Å². The van der Waals surface area contributed by atoms with Crippen molar-refractivity contribution in [3.63, 3.8) is 0 Å². The van der Waals surface area contributed by atoms with Crippen molar-refractivity contribution in [1.82, 2.24) is 0 Å². The van der Waals surface area contributed by atoms with Gasteiger partial charge in [-0.05, 0) is 56.0 Å². The first kappa shape index (κ1) is 16.4. The summed E-state index contributed by atoms with van der Waals surface area (Å²) in [5.74, 6) is 1.39. The van der Waals surface area contributed by atoms with Crippen molar-refractivity contribution < 1.29 is 4.74 Å². The van der Waals surface area contributed by atoms with Gasteiger partial charge < -0.3 is 10.1 Å². The molecule has 5 rings (SSSR count). The topological polar surface area (TPSA) is 21.3 Å². The average Bonchev–Trinajstić information content (AvgIpc) is 2.66. The zero-order valence-corrected chi connectivity index (χ0v) is 16.1. The third-order valence-corrected chi connectivity index (χ3v) is 5.84. The molecular weight excluding hydrogens is 330 g/mol. The van der Waals surface area contributed by atoms with E-state index in [-0.39, 0.29) is 11.6 Å². The molecule has 0 saturated carbocycles. The summed E-state index contributed by atoms with van der Waals surface area (Å²) in [7, 11) is 0. The molecule has 0 spiro atoms. The molecule has 0 fully saturated rings. The Bertz CT molecular complexity index is 994. The van der Waals surface area contributed by atoms with Crippen LogP contribution in [0.25, 0.3) is 11.1 Å². The van der Waals surface area contributed by atoms with Crippen molar-refractivity contribution in [3.8, 4) is 5.75 Å². The molecule has 0 bridgehead atoms. The van der Waals surface area contributed by atoms with Gasteiger partial charge in [-0.2, -0.15) is 0 Å². The number of ether oxygens (including phenoxy) is 1. The second-order valence-electron chi connectivity index (χ2n) is 8.38. The smallest absolute Gasteiger partial charge is 0.137 e. The van der Waals surface area contributed by atoms with Gasteiger partial charge in [0, 0.05) is 22.7 Å². The molecule has 3 aliphatic rings. The fourth-order valence-electron chi connectivity index (χ4n) is 4.80. The maximum atomic E-state index is 6.77. The Morgan fingerprint density at radius 3 is 2.70 bits per heavy atom. The lowest BCUT2D eigenvalue weighted by Crippen LogP contribution is -2.33. The number of benzene rings is 2. The highest BCUT2D eigenvalue weighted by Gasteiger charge is 2.38. The van der Waals surface area contributed by atoms with Crippen LogP contribution in [-0.2, 0) is 0 Å². The van der Waals surface area contributed by atoms with Gasteiger partial charge in [-0.3, -0.25) is 0 Å². The number of allylic oxidation sites excluding steroid dienone is 4. The highest BCUT2D eigenvalue weighted by Crippen LogP contribution is 2.53. The Morgan fingerprint density at radius 2 is 1.89 bits per heavy atom. The molecule has 2 heterocycles. The molecule has 2 unspecified atom stereocenters. The van der Waals surface area contributed by atoms with Crippen LogP contribution in [0, 0.1) is 5.92 Å². The lowest BCUT2D eigenvalue weighted by Gasteiger charge is -2.40. The van der Waals surface area contributed by atoms with E-state index in [1.54, 1.807) is 0 Å². The monoisotopic (exact) mass is 355 g/mol.